The fourth-order valence-corrected chi connectivity index (χ4v) is 2.90. The average molecular weight is 324 g/mol. The molecular formula is C19H24N4O. The van der Waals surface area contributed by atoms with Crippen LogP contribution in [0.1, 0.15) is 41.6 Å². The molecule has 1 aliphatic rings. The molecule has 1 saturated heterocycles. The lowest BCUT2D eigenvalue weighted by molar-refractivity contribution is 0.0691. The van der Waals surface area contributed by atoms with Crippen molar-refractivity contribution in [2.45, 2.75) is 33.6 Å². The average Bonchev–Trinajstić information content (AvgIpc) is 2.56. The standard InChI is InChI=1S/C19H24N4O/c1-13-4-6-16(7-5-13)22-18-12-17(20-15(3)21-18)19(24)23-10-8-14(2)9-11-23/h4-7,12,14H,8-11H2,1-3H3,(H,20,21,22). The van der Waals surface area contributed by atoms with Gasteiger partial charge in [0.2, 0.25) is 0 Å². The van der Waals surface area contributed by atoms with Crippen LogP contribution in [0.25, 0.3) is 0 Å². The van der Waals surface area contributed by atoms with E-state index in [-0.39, 0.29) is 5.91 Å². The molecule has 0 atom stereocenters. The number of benzene rings is 1. The van der Waals surface area contributed by atoms with Gasteiger partial charge in [0.25, 0.3) is 5.91 Å². The third kappa shape index (κ3) is 3.91. The van der Waals surface area contributed by atoms with Gasteiger partial charge in [-0.25, -0.2) is 9.97 Å². The van der Waals surface area contributed by atoms with Crippen LogP contribution in [0.15, 0.2) is 30.3 Å². The molecule has 0 saturated carbocycles. The van der Waals surface area contributed by atoms with Gasteiger partial charge in [-0.05, 0) is 44.7 Å². The summed E-state index contributed by atoms with van der Waals surface area (Å²) < 4.78 is 0. The number of carbonyl (C=O) groups is 1. The summed E-state index contributed by atoms with van der Waals surface area (Å²) in [7, 11) is 0. The third-order valence-corrected chi connectivity index (χ3v) is 4.45. The third-order valence-electron chi connectivity index (χ3n) is 4.45. The zero-order valence-corrected chi connectivity index (χ0v) is 14.5. The van der Waals surface area contributed by atoms with Crippen LogP contribution in [0.2, 0.25) is 0 Å². The summed E-state index contributed by atoms with van der Waals surface area (Å²) in [5.74, 6) is 1.94. The molecule has 1 amide bonds. The number of aryl methyl sites for hydroxylation is 2. The highest BCUT2D eigenvalue weighted by atomic mass is 16.2. The Labute approximate surface area is 143 Å². The Kier molecular flexibility index (Phi) is 4.79. The normalized spacial score (nSPS) is 15.4. The van der Waals surface area contributed by atoms with Gasteiger partial charge < -0.3 is 10.2 Å². The van der Waals surface area contributed by atoms with E-state index in [0.717, 1.165) is 31.6 Å². The summed E-state index contributed by atoms with van der Waals surface area (Å²) in [6.45, 7) is 7.72. The van der Waals surface area contributed by atoms with E-state index in [0.29, 0.717) is 23.3 Å². The minimum Gasteiger partial charge on any atom is -0.340 e. The van der Waals surface area contributed by atoms with Crippen molar-refractivity contribution in [3.05, 3.63) is 47.4 Å². The Morgan fingerprint density at radius 2 is 1.79 bits per heavy atom. The first-order chi connectivity index (χ1) is 11.5. The summed E-state index contributed by atoms with van der Waals surface area (Å²) in [5.41, 5.74) is 2.62. The van der Waals surface area contributed by atoms with Crippen LogP contribution < -0.4 is 5.32 Å². The molecule has 1 N–H and O–H groups in total. The second kappa shape index (κ2) is 6.99. The van der Waals surface area contributed by atoms with Crippen molar-refractivity contribution in [3.8, 4) is 0 Å². The van der Waals surface area contributed by atoms with Gasteiger partial charge in [0.05, 0.1) is 0 Å². The number of nitrogens with one attached hydrogen (secondary N) is 1. The van der Waals surface area contributed by atoms with E-state index in [1.54, 1.807) is 6.07 Å². The van der Waals surface area contributed by atoms with Crippen molar-refractivity contribution in [3.63, 3.8) is 0 Å². The van der Waals surface area contributed by atoms with Crippen LogP contribution >= 0.6 is 0 Å². The van der Waals surface area contributed by atoms with E-state index in [1.165, 1.54) is 5.56 Å². The highest BCUT2D eigenvalue weighted by molar-refractivity contribution is 5.93. The van der Waals surface area contributed by atoms with E-state index >= 15 is 0 Å². The maximum absolute atomic E-state index is 12.7. The molecule has 0 bridgehead atoms. The van der Waals surface area contributed by atoms with Crippen LogP contribution in [0.4, 0.5) is 11.5 Å². The Morgan fingerprint density at radius 1 is 1.12 bits per heavy atom. The maximum atomic E-state index is 12.7. The molecule has 1 aromatic carbocycles. The van der Waals surface area contributed by atoms with Gasteiger partial charge >= 0.3 is 0 Å². The summed E-state index contributed by atoms with van der Waals surface area (Å²) in [6.07, 6.45) is 2.12. The van der Waals surface area contributed by atoms with Gasteiger partial charge in [-0.2, -0.15) is 0 Å². The molecule has 0 unspecified atom stereocenters. The Hall–Kier alpha value is -2.43. The molecule has 5 heteroatoms. The number of aromatic nitrogens is 2. The molecule has 0 spiro atoms. The molecular weight excluding hydrogens is 300 g/mol. The first kappa shape index (κ1) is 16.4. The van der Waals surface area contributed by atoms with Crippen LogP contribution in [0, 0.1) is 19.8 Å². The topological polar surface area (TPSA) is 58.1 Å². The summed E-state index contributed by atoms with van der Waals surface area (Å²) in [6, 6.07) is 9.82. The number of piperidine rings is 1. The molecule has 1 fully saturated rings. The SMILES string of the molecule is Cc1ccc(Nc2cc(C(=O)N3CCC(C)CC3)nc(C)n2)cc1. The van der Waals surface area contributed by atoms with Crippen LogP contribution in [-0.4, -0.2) is 33.9 Å². The first-order valence-electron chi connectivity index (χ1n) is 8.50. The number of anilines is 2. The summed E-state index contributed by atoms with van der Waals surface area (Å²) in [4.78, 5) is 23.4. The zero-order chi connectivity index (χ0) is 17.1. The Balaban J connectivity index is 1.78. The highest BCUT2D eigenvalue weighted by Crippen LogP contribution is 2.20. The number of likely N-dealkylation sites (tertiary alicyclic amines) is 1. The van der Waals surface area contributed by atoms with E-state index in [2.05, 4.69) is 29.1 Å². The molecule has 126 valence electrons. The lowest BCUT2D eigenvalue weighted by Gasteiger charge is -2.30. The van der Waals surface area contributed by atoms with Crippen molar-refractivity contribution in [2.24, 2.45) is 5.92 Å². The second-order valence-electron chi connectivity index (χ2n) is 6.65. The van der Waals surface area contributed by atoms with Crippen molar-refractivity contribution in [1.29, 1.82) is 0 Å². The Bertz CT molecular complexity index is 719. The van der Waals surface area contributed by atoms with Crippen LogP contribution in [-0.2, 0) is 0 Å². The lowest BCUT2D eigenvalue weighted by Crippen LogP contribution is -2.38. The molecule has 1 aromatic heterocycles. The lowest BCUT2D eigenvalue weighted by atomic mass is 9.99. The van der Waals surface area contributed by atoms with Gasteiger partial charge in [0.1, 0.15) is 17.3 Å². The number of carbonyl (C=O) groups excluding carboxylic acids is 1. The fourth-order valence-electron chi connectivity index (χ4n) is 2.90. The van der Waals surface area contributed by atoms with Gasteiger partial charge in [-0.1, -0.05) is 24.6 Å². The molecule has 5 nitrogen and oxygen atoms in total. The van der Waals surface area contributed by atoms with Gasteiger partial charge in [-0.3, -0.25) is 4.79 Å². The monoisotopic (exact) mass is 324 g/mol. The van der Waals surface area contributed by atoms with Crippen molar-refractivity contribution < 1.29 is 4.79 Å². The molecule has 3 rings (SSSR count). The minimum absolute atomic E-state index is 0.000596. The molecule has 0 radical (unpaired) electrons. The van der Waals surface area contributed by atoms with E-state index in [1.807, 2.05) is 36.1 Å². The van der Waals surface area contributed by atoms with Crippen molar-refractivity contribution >= 4 is 17.4 Å². The van der Waals surface area contributed by atoms with Crippen molar-refractivity contribution in [2.75, 3.05) is 18.4 Å². The fraction of sp³-hybridized carbons (Fsp3) is 0.421. The largest absolute Gasteiger partial charge is 0.340 e. The minimum atomic E-state index is -0.000596. The quantitative estimate of drug-likeness (QED) is 0.935. The van der Waals surface area contributed by atoms with E-state index in [9.17, 15) is 4.79 Å². The predicted molar refractivity (Wildman–Crippen MR) is 95.5 cm³/mol. The van der Waals surface area contributed by atoms with E-state index in [4.69, 9.17) is 0 Å². The second-order valence-corrected chi connectivity index (χ2v) is 6.65. The number of hydrogen-bond donors (Lipinski definition) is 1. The zero-order valence-electron chi connectivity index (χ0n) is 14.5. The summed E-state index contributed by atoms with van der Waals surface area (Å²) in [5, 5.41) is 3.26. The van der Waals surface area contributed by atoms with Crippen molar-refractivity contribution in [1.82, 2.24) is 14.9 Å². The number of amides is 1. The predicted octanol–water partition coefficient (Wildman–Crippen LogP) is 3.71. The highest BCUT2D eigenvalue weighted by Gasteiger charge is 2.23. The first-order valence-corrected chi connectivity index (χ1v) is 8.50. The number of nitrogens with zero attached hydrogens (tertiary/aromatic N) is 3. The van der Waals surface area contributed by atoms with E-state index < -0.39 is 0 Å². The van der Waals surface area contributed by atoms with Gasteiger partial charge in [0, 0.05) is 24.8 Å². The maximum Gasteiger partial charge on any atom is 0.272 e. The Morgan fingerprint density at radius 3 is 2.46 bits per heavy atom. The van der Waals surface area contributed by atoms with Crippen LogP contribution in [0.5, 0.6) is 0 Å². The van der Waals surface area contributed by atoms with Gasteiger partial charge in [-0.15, -0.1) is 0 Å². The van der Waals surface area contributed by atoms with Crippen LogP contribution in [0.3, 0.4) is 0 Å². The number of rotatable bonds is 3. The van der Waals surface area contributed by atoms with Gasteiger partial charge in [0.15, 0.2) is 0 Å². The molecule has 2 aromatic rings. The summed E-state index contributed by atoms with van der Waals surface area (Å²) >= 11 is 0. The smallest absolute Gasteiger partial charge is 0.272 e. The molecule has 2 heterocycles. The number of hydrogen-bond acceptors (Lipinski definition) is 4. The molecule has 24 heavy (non-hydrogen) atoms. The molecule has 1 aliphatic heterocycles. The molecule has 0 aliphatic carbocycles.